The van der Waals surface area contributed by atoms with Gasteiger partial charge in [-0.25, -0.2) is 0 Å². The first-order chi connectivity index (χ1) is 16.3. The van der Waals surface area contributed by atoms with Gasteiger partial charge >= 0.3 is 0 Å². The maximum Gasteiger partial charge on any atom is 0.291 e. The predicted molar refractivity (Wildman–Crippen MR) is 122 cm³/mol. The van der Waals surface area contributed by atoms with Crippen molar-refractivity contribution in [2.75, 3.05) is 13.1 Å². The summed E-state index contributed by atoms with van der Waals surface area (Å²) in [7, 11) is 0. The standard InChI is InChI=1S/C24H29N5O5/c1-24(8-9-24)13-28-21-14(2-7-18(30)27-11-16-5-6-17(12-27)34-16)10-25-29(21)23(33)19(22(28)32)20(31)26-15-3-4-15/h2,7,10,15-17,32H,3-6,8-9,11-13H2,1H3,(H,26,31)/b7-2+. The van der Waals surface area contributed by atoms with E-state index >= 15 is 0 Å². The van der Waals surface area contributed by atoms with Crippen LogP contribution in [0.5, 0.6) is 5.88 Å². The van der Waals surface area contributed by atoms with E-state index in [9.17, 15) is 19.5 Å². The second kappa shape index (κ2) is 7.69. The number of hydrogen-bond acceptors (Lipinski definition) is 6. The lowest BCUT2D eigenvalue weighted by atomic mass is 10.1. The molecular formula is C24H29N5O5. The molecule has 4 aliphatic rings. The van der Waals surface area contributed by atoms with Crippen molar-refractivity contribution < 1.29 is 19.4 Å². The van der Waals surface area contributed by atoms with E-state index in [4.69, 9.17) is 4.74 Å². The molecule has 0 radical (unpaired) electrons. The lowest BCUT2D eigenvalue weighted by molar-refractivity contribution is -0.134. The summed E-state index contributed by atoms with van der Waals surface area (Å²) in [4.78, 5) is 40.6. The van der Waals surface area contributed by atoms with Crippen molar-refractivity contribution in [3.05, 3.63) is 33.8 Å². The number of nitrogens with zero attached hydrogens (tertiary/aromatic N) is 4. The van der Waals surface area contributed by atoms with Crippen LogP contribution in [-0.2, 0) is 16.1 Å². The van der Waals surface area contributed by atoms with Crippen LogP contribution in [0.25, 0.3) is 11.7 Å². The fourth-order valence-corrected chi connectivity index (χ4v) is 4.98. The maximum atomic E-state index is 13.2. The first-order valence-corrected chi connectivity index (χ1v) is 12.1. The summed E-state index contributed by atoms with van der Waals surface area (Å²) in [6.07, 6.45) is 10.5. The molecule has 2 amide bonds. The Kier molecular flexibility index (Phi) is 4.84. The quantitative estimate of drug-likeness (QED) is 0.619. The van der Waals surface area contributed by atoms with E-state index in [-0.39, 0.29) is 41.0 Å². The third-order valence-corrected chi connectivity index (χ3v) is 7.46. The summed E-state index contributed by atoms with van der Waals surface area (Å²) in [5.74, 6) is -1.05. The molecule has 6 rings (SSSR count). The normalized spacial score (nSPS) is 25.3. The Morgan fingerprint density at radius 1 is 1.24 bits per heavy atom. The molecule has 34 heavy (non-hydrogen) atoms. The van der Waals surface area contributed by atoms with E-state index in [0.717, 1.165) is 43.0 Å². The van der Waals surface area contributed by atoms with E-state index in [0.29, 0.717) is 30.8 Å². The Balaban J connectivity index is 1.37. The Morgan fingerprint density at radius 3 is 2.59 bits per heavy atom. The number of fused-ring (bicyclic) bond motifs is 3. The summed E-state index contributed by atoms with van der Waals surface area (Å²) in [5.41, 5.74) is -0.0633. The second-order valence-corrected chi connectivity index (χ2v) is 10.5. The van der Waals surface area contributed by atoms with Crippen LogP contribution >= 0.6 is 0 Å². The van der Waals surface area contributed by atoms with Gasteiger partial charge in [0.25, 0.3) is 11.5 Å². The molecule has 180 valence electrons. The molecular weight excluding hydrogens is 438 g/mol. The van der Waals surface area contributed by atoms with Crippen LogP contribution < -0.4 is 10.9 Å². The number of hydrogen-bond donors (Lipinski definition) is 2. The highest BCUT2D eigenvalue weighted by Crippen LogP contribution is 2.47. The first kappa shape index (κ1) is 21.4. The average molecular weight is 468 g/mol. The predicted octanol–water partition coefficient (Wildman–Crippen LogP) is 1.30. The van der Waals surface area contributed by atoms with Gasteiger partial charge < -0.3 is 20.1 Å². The highest BCUT2D eigenvalue weighted by atomic mass is 16.5. The van der Waals surface area contributed by atoms with Crippen LogP contribution in [0.3, 0.4) is 0 Å². The summed E-state index contributed by atoms with van der Waals surface area (Å²) in [6.45, 7) is 3.71. The number of amides is 2. The minimum absolute atomic E-state index is 0.0224. The lowest BCUT2D eigenvalue weighted by Gasteiger charge is -2.31. The number of ether oxygens (including phenoxy) is 1. The SMILES string of the molecule is CC1(Cn2c(O)c(C(=O)NC3CC3)c(=O)n3ncc(/C=C/C(=O)N4CC5CCC(C4)O5)c23)CC1. The molecule has 2 aromatic heterocycles. The Labute approximate surface area is 196 Å². The molecule has 2 aliphatic heterocycles. The molecule has 2 aliphatic carbocycles. The summed E-state index contributed by atoms with van der Waals surface area (Å²) < 4.78 is 8.57. The molecule has 4 heterocycles. The Hall–Kier alpha value is -3.14. The van der Waals surface area contributed by atoms with Gasteiger partial charge in [-0.2, -0.15) is 9.61 Å². The molecule has 2 saturated heterocycles. The van der Waals surface area contributed by atoms with Crippen LogP contribution in [0, 0.1) is 5.41 Å². The van der Waals surface area contributed by atoms with Crippen LogP contribution in [0.4, 0.5) is 0 Å². The molecule has 0 spiro atoms. The van der Waals surface area contributed by atoms with E-state index in [2.05, 4.69) is 17.3 Å². The fourth-order valence-electron chi connectivity index (χ4n) is 4.98. The van der Waals surface area contributed by atoms with Crippen molar-refractivity contribution in [1.82, 2.24) is 24.4 Å². The summed E-state index contributed by atoms with van der Waals surface area (Å²) in [5, 5.41) is 18.1. The van der Waals surface area contributed by atoms with E-state index in [1.54, 1.807) is 15.5 Å². The van der Waals surface area contributed by atoms with Gasteiger partial charge in [0.15, 0.2) is 5.56 Å². The number of nitrogens with one attached hydrogen (secondary N) is 1. The van der Waals surface area contributed by atoms with Crippen LogP contribution in [0.15, 0.2) is 17.1 Å². The molecule has 2 bridgehead atoms. The van der Waals surface area contributed by atoms with E-state index < -0.39 is 11.5 Å². The number of morpholine rings is 1. The molecule has 2 unspecified atom stereocenters. The van der Waals surface area contributed by atoms with Crippen molar-refractivity contribution in [2.24, 2.45) is 5.41 Å². The van der Waals surface area contributed by atoms with Crippen LogP contribution in [0.1, 0.15) is 61.4 Å². The van der Waals surface area contributed by atoms with Crippen molar-refractivity contribution in [3.63, 3.8) is 0 Å². The zero-order valence-electron chi connectivity index (χ0n) is 19.2. The molecule has 10 nitrogen and oxygen atoms in total. The zero-order chi connectivity index (χ0) is 23.6. The second-order valence-electron chi connectivity index (χ2n) is 10.5. The molecule has 10 heteroatoms. The van der Waals surface area contributed by atoms with Crippen molar-refractivity contribution in [1.29, 1.82) is 0 Å². The third-order valence-electron chi connectivity index (χ3n) is 7.46. The molecule has 2 aromatic rings. The van der Waals surface area contributed by atoms with E-state index in [1.807, 2.05) is 0 Å². The third kappa shape index (κ3) is 3.79. The average Bonchev–Trinajstić information content (AvgIpc) is 3.69. The zero-order valence-corrected chi connectivity index (χ0v) is 19.2. The number of aromatic hydroxyl groups is 1. The largest absolute Gasteiger partial charge is 0.494 e. The number of carbonyl (C=O) groups excluding carboxylic acids is 2. The minimum Gasteiger partial charge on any atom is -0.494 e. The van der Waals surface area contributed by atoms with Gasteiger partial charge in [0.05, 0.1) is 18.4 Å². The van der Waals surface area contributed by atoms with Crippen LogP contribution in [-0.4, -0.2) is 67.3 Å². The van der Waals surface area contributed by atoms with Gasteiger partial charge in [-0.3, -0.25) is 19.0 Å². The van der Waals surface area contributed by atoms with Crippen molar-refractivity contribution in [3.8, 4) is 5.88 Å². The molecule has 2 atom stereocenters. The molecule has 0 aromatic carbocycles. The molecule has 2 saturated carbocycles. The minimum atomic E-state index is -0.668. The Morgan fingerprint density at radius 2 is 1.94 bits per heavy atom. The van der Waals surface area contributed by atoms with Gasteiger partial charge in [-0.1, -0.05) is 6.92 Å². The van der Waals surface area contributed by atoms with Gasteiger partial charge in [0, 0.05) is 37.3 Å². The monoisotopic (exact) mass is 467 g/mol. The number of aromatic nitrogens is 3. The van der Waals surface area contributed by atoms with Gasteiger partial charge in [-0.05, 0) is 50.0 Å². The maximum absolute atomic E-state index is 13.2. The fraction of sp³-hybridized carbons (Fsp3) is 0.583. The van der Waals surface area contributed by atoms with E-state index in [1.165, 1.54) is 12.3 Å². The van der Waals surface area contributed by atoms with Gasteiger partial charge in [-0.15, -0.1) is 0 Å². The topological polar surface area (TPSA) is 118 Å². The number of carbonyl (C=O) groups is 2. The summed E-state index contributed by atoms with van der Waals surface area (Å²) >= 11 is 0. The lowest BCUT2D eigenvalue weighted by Crippen LogP contribution is -2.45. The van der Waals surface area contributed by atoms with Gasteiger partial charge in [0.2, 0.25) is 11.8 Å². The van der Waals surface area contributed by atoms with Gasteiger partial charge in [0.1, 0.15) is 5.65 Å². The first-order valence-electron chi connectivity index (χ1n) is 12.1. The highest BCUT2D eigenvalue weighted by molar-refractivity contribution is 5.97. The number of rotatable bonds is 6. The van der Waals surface area contributed by atoms with Crippen molar-refractivity contribution in [2.45, 2.75) is 70.2 Å². The molecule has 2 N–H and O–H groups in total. The molecule has 4 fully saturated rings. The number of likely N-dealkylation sites (tertiary alicyclic amines) is 1. The summed E-state index contributed by atoms with van der Waals surface area (Å²) in [6, 6.07) is 0.0500. The van der Waals surface area contributed by atoms with Crippen LogP contribution in [0.2, 0.25) is 0 Å². The smallest absolute Gasteiger partial charge is 0.291 e. The highest BCUT2D eigenvalue weighted by Gasteiger charge is 2.40. The Bertz CT molecular complexity index is 1260. The van der Waals surface area contributed by atoms with Crippen molar-refractivity contribution >= 4 is 23.5 Å².